The molecule has 6 heteroatoms. The third-order valence-corrected chi connectivity index (χ3v) is 10.7. The fourth-order valence-corrected chi connectivity index (χ4v) is 7.59. The summed E-state index contributed by atoms with van der Waals surface area (Å²) in [4.78, 5) is 4.98. The quantitative estimate of drug-likeness (QED) is 0.0811. The summed E-state index contributed by atoms with van der Waals surface area (Å²) < 4.78 is 11.6. The Balaban J connectivity index is 2.00. The molecule has 4 rings (SSSR count). The Morgan fingerprint density at radius 1 is 0.460 bits per heavy atom. The van der Waals surface area contributed by atoms with Crippen molar-refractivity contribution in [3.8, 4) is 11.5 Å². The summed E-state index contributed by atoms with van der Waals surface area (Å²) in [6.45, 7) is 14.2. The summed E-state index contributed by atoms with van der Waals surface area (Å²) in [5.74, 6) is 1.51. The number of rotatable bonds is 23. The van der Waals surface area contributed by atoms with E-state index in [-0.39, 0.29) is 0 Å². The zero-order valence-corrected chi connectivity index (χ0v) is 31.8. The van der Waals surface area contributed by atoms with Crippen LogP contribution in [0.5, 0.6) is 11.5 Å². The number of nitrogens with zero attached hydrogens (tertiary/aromatic N) is 2. The Morgan fingerprint density at radius 3 is 1.08 bits per heavy atom. The van der Waals surface area contributed by atoms with Gasteiger partial charge in [0.2, 0.25) is 0 Å². The van der Waals surface area contributed by atoms with E-state index in [2.05, 4.69) is 49.6 Å². The first-order valence-corrected chi connectivity index (χ1v) is 19.3. The van der Waals surface area contributed by atoms with Gasteiger partial charge in [-0.15, -0.1) is 0 Å². The van der Waals surface area contributed by atoms with Crippen molar-refractivity contribution in [2.75, 3.05) is 53.5 Å². The molecule has 0 bridgehead atoms. The maximum atomic E-state index is 13.8. The smallest absolute Gasteiger partial charge is 0.126 e. The minimum Gasteiger partial charge on any atom is -0.496 e. The van der Waals surface area contributed by atoms with Crippen LogP contribution in [0.3, 0.4) is 0 Å². The van der Waals surface area contributed by atoms with Gasteiger partial charge in [0.1, 0.15) is 22.7 Å². The van der Waals surface area contributed by atoms with Gasteiger partial charge < -0.3 is 29.5 Å². The molecule has 2 atom stereocenters. The highest BCUT2D eigenvalue weighted by Crippen LogP contribution is 2.51. The van der Waals surface area contributed by atoms with Crippen molar-refractivity contribution in [1.82, 2.24) is 9.80 Å². The molecule has 50 heavy (non-hydrogen) atoms. The predicted octanol–water partition coefficient (Wildman–Crippen LogP) is 9.67. The molecule has 0 fully saturated rings. The van der Waals surface area contributed by atoms with Gasteiger partial charge in [0.05, 0.1) is 14.2 Å². The second-order valence-electron chi connectivity index (χ2n) is 14.0. The van der Waals surface area contributed by atoms with Crippen LogP contribution < -0.4 is 9.47 Å². The standard InChI is InChI=1S/C44H64N2O4/c1-7-11-29-45(30-12-8-2)33-27-43(47,39-23-25-41(49-5)37-21-17-15-19-35(37)39)44(48,28-34-46(31-13-9-3)32-14-10-4)40-24-26-42(50-6)38-22-18-16-20-36(38)40/h15-26,47-48H,7-14,27-34H2,1-6H3. The van der Waals surface area contributed by atoms with Crippen LogP contribution in [0.2, 0.25) is 0 Å². The van der Waals surface area contributed by atoms with Gasteiger partial charge >= 0.3 is 0 Å². The Labute approximate surface area is 302 Å². The van der Waals surface area contributed by atoms with Crippen molar-refractivity contribution in [1.29, 1.82) is 0 Å². The van der Waals surface area contributed by atoms with Gasteiger partial charge in [0, 0.05) is 23.9 Å². The molecule has 0 saturated carbocycles. The fraction of sp³-hybridized carbons (Fsp3) is 0.545. The van der Waals surface area contributed by atoms with E-state index in [1.165, 1.54) is 0 Å². The second kappa shape index (κ2) is 19.4. The Kier molecular flexibility index (Phi) is 15.4. The minimum absolute atomic E-state index is 0.373. The average Bonchev–Trinajstić information content (AvgIpc) is 3.16. The number of hydrogen-bond donors (Lipinski definition) is 2. The van der Waals surface area contributed by atoms with Gasteiger partial charge in [-0.2, -0.15) is 0 Å². The largest absolute Gasteiger partial charge is 0.496 e. The number of ether oxygens (including phenoxy) is 2. The lowest BCUT2D eigenvalue weighted by molar-refractivity contribution is -0.176. The zero-order chi connectivity index (χ0) is 36.0. The molecular weight excluding hydrogens is 620 g/mol. The molecule has 2 unspecified atom stereocenters. The van der Waals surface area contributed by atoms with E-state index in [0.29, 0.717) is 25.9 Å². The fourth-order valence-electron chi connectivity index (χ4n) is 7.59. The van der Waals surface area contributed by atoms with Crippen molar-refractivity contribution >= 4 is 21.5 Å². The second-order valence-corrected chi connectivity index (χ2v) is 14.0. The number of hydrogen-bond acceptors (Lipinski definition) is 6. The predicted molar refractivity (Wildman–Crippen MR) is 211 cm³/mol. The lowest BCUT2D eigenvalue weighted by Crippen LogP contribution is -2.53. The average molecular weight is 685 g/mol. The first-order valence-electron chi connectivity index (χ1n) is 19.3. The molecule has 0 amide bonds. The van der Waals surface area contributed by atoms with Crippen LogP contribution in [0, 0.1) is 0 Å². The van der Waals surface area contributed by atoms with Crippen molar-refractivity contribution < 1.29 is 19.7 Å². The topological polar surface area (TPSA) is 65.4 Å². The van der Waals surface area contributed by atoms with Gasteiger partial charge in [-0.05, 0) is 98.7 Å². The van der Waals surface area contributed by atoms with Crippen molar-refractivity contribution in [3.05, 3.63) is 83.9 Å². The lowest BCUT2D eigenvalue weighted by Gasteiger charge is -2.47. The summed E-state index contributed by atoms with van der Waals surface area (Å²) in [6.07, 6.45) is 9.61. The summed E-state index contributed by atoms with van der Waals surface area (Å²) in [5.41, 5.74) is -1.82. The molecule has 0 aliphatic rings. The van der Waals surface area contributed by atoms with E-state index in [1.54, 1.807) is 14.2 Å². The molecule has 0 aliphatic carbocycles. The number of methoxy groups -OCH3 is 2. The molecule has 274 valence electrons. The highest BCUT2D eigenvalue weighted by molar-refractivity contribution is 5.94. The van der Waals surface area contributed by atoms with Crippen LogP contribution in [-0.4, -0.2) is 73.5 Å². The molecule has 0 spiro atoms. The van der Waals surface area contributed by atoms with Crippen LogP contribution in [0.25, 0.3) is 21.5 Å². The molecule has 6 nitrogen and oxygen atoms in total. The van der Waals surface area contributed by atoms with E-state index in [4.69, 9.17) is 9.47 Å². The van der Waals surface area contributed by atoms with Crippen LogP contribution in [0.15, 0.2) is 72.8 Å². The van der Waals surface area contributed by atoms with Crippen LogP contribution >= 0.6 is 0 Å². The first-order chi connectivity index (χ1) is 24.3. The van der Waals surface area contributed by atoms with Crippen LogP contribution in [0.4, 0.5) is 0 Å². The SMILES string of the molecule is CCCCN(CCCC)CCC(O)(c1ccc(OC)c2ccccc12)C(O)(CCN(CCCC)CCCC)c1ccc(OC)c2ccccc12. The Bertz CT molecular complexity index is 1470. The van der Waals surface area contributed by atoms with Gasteiger partial charge in [0.25, 0.3) is 0 Å². The van der Waals surface area contributed by atoms with Crippen LogP contribution in [-0.2, 0) is 11.2 Å². The minimum atomic E-state index is -1.64. The number of benzene rings is 4. The summed E-state index contributed by atoms with van der Waals surface area (Å²) in [6, 6.07) is 24.2. The lowest BCUT2D eigenvalue weighted by atomic mass is 9.67. The van der Waals surface area contributed by atoms with E-state index >= 15 is 0 Å². The highest BCUT2D eigenvalue weighted by Gasteiger charge is 2.53. The molecule has 0 saturated heterocycles. The molecule has 0 heterocycles. The molecule has 4 aromatic rings. The molecule has 0 radical (unpaired) electrons. The van der Waals surface area contributed by atoms with Crippen LogP contribution in [0.1, 0.15) is 103 Å². The third kappa shape index (κ3) is 9.00. The van der Waals surface area contributed by atoms with Gasteiger partial charge in [-0.25, -0.2) is 0 Å². The van der Waals surface area contributed by atoms with Crippen molar-refractivity contribution in [2.24, 2.45) is 0 Å². The molecular formula is C44H64N2O4. The monoisotopic (exact) mass is 684 g/mol. The molecule has 0 aromatic heterocycles. The van der Waals surface area contributed by atoms with Gasteiger partial charge in [-0.3, -0.25) is 0 Å². The maximum Gasteiger partial charge on any atom is 0.126 e. The van der Waals surface area contributed by atoms with Crippen molar-refractivity contribution in [2.45, 2.75) is 103 Å². The van der Waals surface area contributed by atoms with E-state index in [9.17, 15) is 10.2 Å². The summed E-state index contributed by atoms with van der Waals surface area (Å²) >= 11 is 0. The van der Waals surface area contributed by atoms with Gasteiger partial charge in [0.15, 0.2) is 0 Å². The summed E-state index contributed by atoms with van der Waals surface area (Å²) in [5, 5.41) is 31.2. The highest BCUT2D eigenvalue weighted by atomic mass is 16.5. The Hall–Kier alpha value is -3.16. The zero-order valence-electron chi connectivity index (χ0n) is 31.8. The van der Waals surface area contributed by atoms with Gasteiger partial charge in [-0.1, -0.05) is 114 Å². The molecule has 4 aromatic carbocycles. The number of fused-ring (bicyclic) bond motifs is 2. The number of unbranched alkanes of at least 4 members (excludes halogenated alkanes) is 4. The van der Waals surface area contributed by atoms with E-state index in [0.717, 1.165) is 122 Å². The van der Waals surface area contributed by atoms with E-state index < -0.39 is 11.2 Å². The summed E-state index contributed by atoms with van der Waals surface area (Å²) in [7, 11) is 3.38. The third-order valence-electron chi connectivity index (χ3n) is 10.7. The maximum absolute atomic E-state index is 13.8. The normalized spacial score (nSPS) is 14.4. The number of aliphatic hydroxyl groups is 2. The van der Waals surface area contributed by atoms with Crippen molar-refractivity contribution in [3.63, 3.8) is 0 Å². The Morgan fingerprint density at radius 2 is 0.780 bits per heavy atom. The first kappa shape index (κ1) is 39.6. The molecule has 0 aliphatic heterocycles. The van der Waals surface area contributed by atoms with E-state index in [1.807, 2.05) is 60.7 Å². The molecule has 2 N–H and O–H groups in total.